The molecule has 5 aromatic carbocycles. The molecule has 0 aromatic heterocycles. The molecule has 1 nitrogen and oxygen atoms in total. The van der Waals surface area contributed by atoms with E-state index in [1.54, 1.807) is 0 Å². The quantitative estimate of drug-likeness (QED) is 0.0788. The first-order valence-corrected chi connectivity index (χ1v) is 20.3. The molecule has 51 heavy (non-hydrogen) atoms. The molecule has 1 heteroatoms. The number of unbranched alkanes of at least 4 members (excludes halogenated alkanes) is 10. The Morgan fingerprint density at radius 2 is 0.961 bits per heavy atom. The maximum atomic E-state index is 2.57. The zero-order valence-electron chi connectivity index (χ0n) is 32.1. The van der Waals surface area contributed by atoms with E-state index in [1.807, 2.05) is 0 Å². The number of anilines is 2. The van der Waals surface area contributed by atoms with E-state index in [0.29, 0.717) is 0 Å². The molecule has 0 N–H and O–H groups in total. The molecule has 5 aromatic rings. The van der Waals surface area contributed by atoms with Crippen LogP contribution < -0.4 is 4.90 Å². The largest absolute Gasteiger partial charge is 0.345 e. The molecule has 0 fully saturated rings. The molecule has 0 atom stereocenters. The van der Waals surface area contributed by atoms with Crippen LogP contribution in [-0.2, 0) is 25.7 Å². The number of benzene rings is 5. The van der Waals surface area contributed by atoms with Gasteiger partial charge in [-0.05, 0) is 125 Å². The van der Waals surface area contributed by atoms with Crippen LogP contribution in [0.4, 0.5) is 11.4 Å². The summed E-state index contributed by atoms with van der Waals surface area (Å²) in [6.07, 6.45) is 20.6. The van der Waals surface area contributed by atoms with Gasteiger partial charge in [-0.3, -0.25) is 0 Å². The Labute approximate surface area is 310 Å². The van der Waals surface area contributed by atoms with Gasteiger partial charge in [-0.2, -0.15) is 0 Å². The van der Waals surface area contributed by atoms with Crippen LogP contribution in [0.25, 0.3) is 33.4 Å². The number of hydrogen-bond donors (Lipinski definition) is 0. The van der Waals surface area contributed by atoms with Gasteiger partial charge in [-0.15, -0.1) is 0 Å². The van der Waals surface area contributed by atoms with Gasteiger partial charge in [0, 0.05) is 18.4 Å². The van der Waals surface area contributed by atoms with Crippen LogP contribution in [0.2, 0.25) is 0 Å². The smallest absolute Gasteiger partial charge is 0.0414 e. The SMILES string of the molecule is CCCCCCCCc1cc(-c2ccc(N(C)c3cccc(-c4ccc5c(c4)CC5)c3)cc2)c(CCCCCCCC)cc1-c1ccc(C)cc1. The lowest BCUT2D eigenvalue weighted by Crippen LogP contribution is -2.09. The van der Waals surface area contributed by atoms with Gasteiger partial charge in [-0.1, -0.05) is 162 Å². The van der Waals surface area contributed by atoms with E-state index in [9.17, 15) is 0 Å². The van der Waals surface area contributed by atoms with E-state index >= 15 is 0 Å². The Hall–Kier alpha value is -4.10. The maximum Gasteiger partial charge on any atom is 0.0414 e. The molecule has 266 valence electrons. The Bertz CT molecular complexity index is 1830. The summed E-state index contributed by atoms with van der Waals surface area (Å²) in [4.78, 5) is 2.33. The van der Waals surface area contributed by atoms with Crippen molar-refractivity contribution in [1.82, 2.24) is 0 Å². The van der Waals surface area contributed by atoms with Crippen molar-refractivity contribution >= 4 is 11.4 Å². The van der Waals surface area contributed by atoms with E-state index < -0.39 is 0 Å². The van der Waals surface area contributed by atoms with Crippen LogP contribution in [0, 0.1) is 6.92 Å². The molecule has 0 radical (unpaired) electrons. The predicted octanol–water partition coefficient (Wildman–Crippen LogP) is 14.7. The summed E-state index contributed by atoms with van der Waals surface area (Å²) in [5.74, 6) is 0. The third kappa shape index (κ3) is 9.62. The molecule has 0 saturated heterocycles. The lowest BCUT2D eigenvalue weighted by atomic mass is 9.86. The highest BCUT2D eigenvalue weighted by Crippen LogP contribution is 2.37. The first-order chi connectivity index (χ1) is 25.0. The Balaban J connectivity index is 1.28. The summed E-state index contributed by atoms with van der Waals surface area (Å²) in [6.45, 7) is 6.80. The van der Waals surface area contributed by atoms with Crippen molar-refractivity contribution < 1.29 is 0 Å². The van der Waals surface area contributed by atoms with Crippen LogP contribution in [0.5, 0.6) is 0 Å². The molecule has 0 amide bonds. The zero-order chi connectivity index (χ0) is 35.4. The van der Waals surface area contributed by atoms with Crippen molar-refractivity contribution in [3.63, 3.8) is 0 Å². The second-order valence-corrected chi connectivity index (χ2v) is 15.2. The van der Waals surface area contributed by atoms with Crippen molar-refractivity contribution in [1.29, 1.82) is 0 Å². The summed E-state index contributed by atoms with van der Waals surface area (Å²) >= 11 is 0. The van der Waals surface area contributed by atoms with Crippen molar-refractivity contribution in [2.24, 2.45) is 0 Å². The topological polar surface area (TPSA) is 3.24 Å². The molecule has 1 aliphatic carbocycles. The molecular weight excluding hydrogens is 615 g/mol. The second kappa shape index (κ2) is 18.4. The molecule has 0 bridgehead atoms. The Morgan fingerprint density at radius 3 is 1.51 bits per heavy atom. The number of fused-ring (bicyclic) bond motifs is 1. The van der Waals surface area contributed by atoms with Crippen molar-refractivity contribution in [3.05, 3.63) is 131 Å². The molecule has 6 rings (SSSR count). The van der Waals surface area contributed by atoms with Gasteiger partial charge in [0.1, 0.15) is 0 Å². The summed E-state index contributed by atoms with van der Waals surface area (Å²) in [5, 5.41) is 0. The van der Waals surface area contributed by atoms with Crippen molar-refractivity contribution in [3.8, 4) is 33.4 Å². The Morgan fingerprint density at radius 1 is 0.451 bits per heavy atom. The van der Waals surface area contributed by atoms with E-state index in [0.717, 1.165) is 12.8 Å². The lowest BCUT2D eigenvalue weighted by Gasteiger charge is -2.22. The average molecular weight is 676 g/mol. The molecule has 0 spiro atoms. The normalized spacial score (nSPS) is 12.1. The minimum atomic E-state index is 1.13. The highest BCUT2D eigenvalue weighted by molar-refractivity contribution is 5.79. The van der Waals surface area contributed by atoms with Crippen LogP contribution in [0.15, 0.2) is 103 Å². The van der Waals surface area contributed by atoms with E-state index in [4.69, 9.17) is 0 Å². The van der Waals surface area contributed by atoms with E-state index in [-0.39, 0.29) is 0 Å². The third-order valence-corrected chi connectivity index (χ3v) is 11.3. The van der Waals surface area contributed by atoms with E-state index in [2.05, 4.69) is 136 Å². The van der Waals surface area contributed by atoms with Gasteiger partial charge < -0.3 is 4.90 Å². The van der Waals surface area contributed by atoms with Gasteiger partial charge >= 0.3 is 0 Å². The van der Waals surface area contributed by atoms with Crippen molar-refractivity contribution in [2.75, 3.05) is 11.9 Å². The number of nitrogens with zero attached hydrogens (tertiary/aromatic N) is 1. The summed E-state index contributed by atoms with van der Waals surface area (Å²) in [5.41, 5.74) is 18.0. The fourth-order valence-electron chi connectivity index (χ4n) is 7.85. The molecule has 0 heterocycles. The summed E-state index contributed by atoms with van der Waals surface area (Å²) < 4.78 is 0. The Kier molecular flexibility index (Phi) is 13.2. The molecular formula is C50H61N. The van der Waals surface area contributed by atoms with Crippen LogP contribution >= 0.6 is 0 Å². The van der Waals surface area contributed by atoms with Gasteiger partial charge in [0.15, 0.2) is 0 Å². The van der Waals surface area contributed by atoms with Crippen LogP contribution in [0.3, 0.4) is 0 Å². The van der Waals surface area contributed by atoms with Gasteiger partial charge in [0.05, 0.1) is 0 Å². The first-order valence-electron chi connectivity index (χ1n) is 20.3. The van der Waals surface area contributed by atoms with Crippen LogP contribution in [-0.4, -0.2) is 7.05 Å². The monoisotopic (exact) mass is 675 g/mol. The highest BCUT2D eigenvalue weighted by atomic mass is 15.1. The fraction of sp³-hybridized carbons (Fsp3) is 0.400. The third-order valence-electron chi connectivity index (χ3n) is 11.3. The van der Waals surface area contributed by atoms with E-state index in [1.165, 1.54) is 162 Å². The summed E-state index contributed by atoms with van der Waals surface area (Å²) in [7, 11) is 2.20. The van der Waals surface area contributed by atoms with Gasteiger partial charge in [0.2, 0.25) is 0 Å². The molecule has 0 aliphatic heterocycles. The fourth-order valence-corrected chi connectivity index (χ4v) is 7.85. The first kappa shape index (κ1) is 36.7. The molecule has 0 saturated carbocycles. The average Bonchev–Trinajstić information content (AvgIpc) is 3.15. The van der Waals surface area contributed by atoms with Gasteiger partial charge in [0.25, 0.3) is 0 Å². The highest BCUT2D eigenvalue weighted by Gasteiger charge is 2.16. The predicted molar refractivity (Wildman–Crippen MR) is 224 cm³/mol. The summed E-state index contributed by atoms with van der Waals surface area (Å²) in [6, 6.07) is 39.8. The molecule has 0 unspecified atom stereocenters. The minimum absolute atomic E-state index is 1.13. The van der Waals surface area contributed by atoms with Crippen molar-refractivity contribution in [2.45, 2.75) is 124 Å². The zero-order valence-corrected chi connectivity index (χ0v) is 32.1. The number of rotatable bonds is 19. The van der Waals surface area contributed by atoms with Crippen LogP contribution in [0.1, 0.15) is 119 Å². The second-order valence-electron chi connectivity index (χ2n) is 15.2. The van der Waals surface area contributed by atoms with Gasteiger partial charge in [-0.25, -0.2) is 0 Å². The minimum Gasteiger partial charge on any atom is -0.345 e. The number of hydrogen-bond acceptors (Lipinski definition) is 1. The number of aryl methyl sites for hydroxylation is 5. The maximum absolute atomic E-state index is 2.57. The lowest BCUT2D eigenvalue weighted by molar-refractivity contribution is 0.606. The molecule has 1 aliphatic rings. The standard InChI is InChI=1S/C50H61N/c1-5-7-9-11-13-15-18-45-37-50(46(19-16-14-12-10-8-6-2)36-49(45)40-24-22-38(3)23-25-40)41-30-32-47(33-31-41)51(4)48-21-17-20-42(35-48)44-29-27-39-26-28-43(39)34-44/h17,20-25,27,29-37H,5-16,18-19,26,28H2,1-4H3.